The van der Waals surface area contributed by atoms with Crippen LogP contribution in [0.1, 0.15) is 5.56 Å². The molecule has 0 saturated carbocycles. The maximum atomic E-state index is 13.4. The molecular formula is C14H22FNO4. The third-order valence-electron chi connectivity index (χ3n) is 2.48. The Morgan fingerprint density at radius 2 is 2.00 bits per heavy atom. The molecule has 0 spiro atoms. The predicted molar refractivity (Wildman–Crippen MR) is 73.4 cm³/mol. The zero-order valence-electron chi connectivity index (χ0n) is 11.7. The molecule has 2 N–H and O–H groups in total. The van der Waals surface area contributed by atoms with Gasteiger partial charge in [0.05, 0.1) is 26.4 Å². The Kier molecular flexibility index (Phi) is 8.90. The molecule has 0 aliphatic heterocycles. The van der Waals surface area contributed by atoms with Crippen molar-refractivity contribution in [1.29, 1.82) is 0 Å². The Labute approximate surface area is 118 Å². The van der Waals surface area contributed by atoms with Crippen LogP contribution < -0.4 is 10.1 Å². The number of rotatable bonds is 11. The first-order chi connectivity index (χ1) is 9.76. The molecule has 0 unspecified atom stereocenters. The fourth-order valence-electron chi connectivity index (χ4n) is 1.60. The van der Waals surface area contributed by atoms with E-state index in [4.69, 9.17) is 19.3 Å². The first kappa shape index (κ1) is 16.8. The highest BCUT2D eigenvalue weighted by Gasteiger charge is 2.02. The Bertz CT molecular complexity index is 376. The molecule has 0 heterocycles. The van der Waals surface area contributed by atoms with Crippen molar-refractivity contribution < 1.29 is 23.7 Å². The maximum absolute atomic E-state index is 13.4. The summed E-state index contributed by atoms with van der Waals surface area (Å²) >= 11 is 0. The van der Waals surface area contributed by atoms with Crippen LogP contribution in [0.2, 0.25) is 0 Å². The Morgan fingerprint density at radius 3 is 2.75 bits per heavy atom. The minimum atomic E-state index is -0.331. The van der Waals surface area contributed by atoms with Gasteiger partial charge in [-0.05, 0) is 17.7 Å². The van der Waals surface area contributed by atoms with Gasteiger partial charge in [0.25, 0.3) is 0 Å². The zero-order valence-corrected chi connectivity index (χ0v) is 11.7. The monoisotopic (exact) mass is 287 g/mol. The molecule has 20 heavy (non-hydrogen) atoms. The second-order valence-electron chi connectivity index (χ2n) is 4.15. The van der Waals surface area contributed by atoms with Gasteiger partial charge in [-0.3, -0.25) is 0 Å². The van der Waals surface area contributed by atoms with Crippen LogP contribution in [0.5, 0.6) is 5.75 Å². The van der Waals surface area contributed by atoms with Crippen LogP contribution in [0.3, 0.4) is 0 Å². The number of halogens is 1. The van der Waals surface area contributed by atoms with Gasteiger partial charge in [-0.25, -0.2) is 4.39 Å². The van der Waals surface area contributed by atoms with Gasteiger partial charge < -0.3 is 24.6 Å². The maximum Gasteiger partial charge on any atom is 0.127 e. The summed E-state index contributed by atoms with van der Waals surface area (Å²) in [5.41, 5.74) is 0.812. The summed E-state index contributed by atoms with van der Waals surface area (Å²) in [5.74, 6) is 0.142. The van der Waals surface area contributed by atoms with Crippen LogP contribution in [-0.2, 0) is 16.0 Å². The molecule has 114 valence electrons. The molecule has 1 aromatic carbocycles. The van der Waals surface area contributed by atoms with Crippen molar-refractivity contribution in [2.45, 2.75) is 6.54 Å². The number of benzene rings is 1. The fourth-order valence-corrected chi connectivity index (χ4v) is 1.60. The number of nitrogens with one attached hydrogen (secondary N) is 1. The average Bonchev–Trinajstić information content (AvgIpc) is 2.43. The second kappa shape index (κ2) is 10.6. The van der Waals surface area contributed by atoms with Gasteiger partial charge in [0.15, 0.2) is 0 Å². The molecule has 0 fully saturated rings. The van der Waals surface area contributed by atoms with E-state index in [9.17, 15) is 4.39 Å². The van der Waals surface area contributed by atoms with Crippen LogP contribution in [0.4, 0.5) is 4.39 Å². The Balaban J connectivity index is 2.36. The van der Waals surface area contributed by atoms with Crippen molar-refractivity contribution in [2.24, 2.45) is 0 Å². The summed E-state index contributed by atoms with van der Waals surface area (Å²) < 4.78 is 28.8. The molecule has 0 bridgehead atoms. The van der Waals surface area contributed by atoms with Crippen molar-refractivity contribution in [3.05, 3.63) is 29.6 Å². The van der Waals surface area contributed by atoms with E-state index in [1.807, 2.05) is 0 Å². The molecule has 0 saturated heterocycles. The first-order valence-corrected chi connectivity index (χ1v) is 6.56. The molecule has 5 nitrogen and oxygen atoms in total. The van der Waals surface area contributed by atoms with Crippen LogP contribution in [0.25, 0.3) is 0 Å². The lowest BCUT2D eigenvalue weighted by molar-refractivity contribution is 0.0704. The largest absolute Gasteiger partial charge is 0.491 e. The van der Waals surface area contributed by atoms with Gasteiger partial charge in [-0.2, -0.15) is 0 Å². The number of hydrogen-bond acceptors (Lipinski definition) is 5. The van der Waals surface area contributed by atoms with E-state index >= 15 is 0 Å². The molecule has 0 aromatic heterocycles. The minimum Gasteiger partial charge on any atom is -0.491 e. The normalized spacial score (nSPS) is 10.8. The lowest BCUT2D eigenvalue weighted by atomic mass is 10.2. The zero-order chi connectivity index (χ0) is 14.6. The van der Waals surface area contributed by atoms with E-state index in [2.05, 4.69) is 5.32 Å². The standard InChI is InChI=1S/C14H22FNO4/c1-18-4-2-16-11-12-8-13(15)10-14(9-12)20-7-6-19-5-3-17/h8-10,16-17H,2-7,11H2,1H3. The average molecular weight is 287 g/mol. The smallest absolute Gasteiger partial charge is 0.127 e. The van der Waals surface area contributed by atoms with Gasteiger partial charge in [0.2, 0.25) is 0 Å². The molecule has 0 amide bonds. The minimum absolute atomic E-state index is 0.0166. The topological polar surface area (TPSA) is 60.0 Å². The highest BCUT2D eigenvalue weighted by Crippen LogP contribution is 2.16. The number of methoxy groups -OCH3 is 1. The fraction of sp³-hybridized carbons (Fsp3) is 0.571. The summed E-state index contributed by atoms with van der Waals surface area (Å²) in [6.07, 6.45) is 0. The quantitative estimate of drug-likeness (QED) is 0.593. The van der Waals surface area contributed by atoms with Crippen molar-refractivity contribution in [1.82, 2.24) is 5.32 Å². The van der Waals surface area contributed by atoms with Crippen LogP contribution in [-0.4, -0.2) is 51.8 Å². The number of ether oxygens (including phenoxy) is 3. The summed E-state index contributed by atoms with van der Waals surface area (Å²) in [5, 5.41) is 11.7. The first-order valence-electron chi connectivity index (χ1n) is 6.56. The van der Waals surface area contributed by atoms with Crippen molar-refractivity contribution in [3.8, 4) is 5.75 Å². The second-order valence-corrected chi connectivity index (χ2v) is 4.15. The molecule has 0 atom stereocenters. The number of aliphatic hydroxyl groups excluding tert-OH is 1. The summed E-state index contributed by atoms with van der Waals surface area (Å²) in [6, 6.07) is 4.59. The van der Waals surface area contributed by atoms with Gasteiger partial charge in [0.1, 0.15) is 18.2 Å². The van der Waals surface area contributed by atoms with Crippen LogP contribution >= 0.6 is 0 Å². The highest BCUT2D eigenvalue weighted by atomic mass is 19.1. The van der Waals surface area contributed by atoms with E-state index in [0.29, 0.717) is 38.7 Å². The van der Waals surface area contributed by atoms with Crippen LogP contribution in [0, 0.1) is 5.82 Å². The van der Waals surface area contributed by atoms with Crippen molar-refractivity contribution in [2.75, 3.05) is 46.7 Å². The predicted octanol–water partition coefficient (Wildman–Crippen LogP) is 0.949. The van der Waals surface area contributed by atoms with Crippen molar-refractivity contribution >= 4 is 0 Å². The third kappa shape index (κ3) is 7.40. The lowest BCUT2D eigenvalue weighted by Gasteiger charge is -2.09. The van der Waals surface area contributed by atoms with Gasteiger partial charge >= 0.3 is 0 Å². The van der Waals surface area contributed by atoms with E-state index in [0.717, 1.165) is 5.56 Å². The molecular weight excluding hydrogens is 265 g/mol. The van der Waals surface area contributed by atoms with Gasteiger partial charge in [-0.1, -0.05) is 0 Å². The summed E-state index contributed by atoms with van der Waals surface area (Å²) in [6.45, 7) is 2.81. The van der Waals surface area contributed by atoms with E-state index in [-0.39, 0.29) is 19.0 Å². The molecule has 0 radical (unpaired) electrons. The van der Waals surface area contributed by atoms with E-state index in [1.54, 1.807) is 13.2 Å². The Hall–Kier alpha value is -1.21. The Morgan fingerprint density at radius 1 is 1.15 bits per heavy atom. The third-order valence-corrected chi connectivity index (χ3v) is 2.48. The number of hydrogen-bond donors (Lipinski definition) is 2. The van der Waals surface area contributed by atoms with Gasteiger partial charge in [0, 0.05) is 26.3 Å². The van der Waals surface area contributed by atoms with Crippen molar-refractivity contribution in [3.63, 3.8) is 0 Å². The molecule has 1 aromatic rings. The summed E-state index contributed by atoms with van der Waals surface area (Å²) in [4.78, 5) is 0. The highest BCUT2D eigenvalue weighted by molar-refractivity contribution is 5.29. The molecule has 1 rings (SSSR count). The van der Waals surface area contributed by atoms with E-state index in [1.165, 1.54) is 12.1 Å². The molecule has 6 heteroatoms. The molecule has 0 aliphatic rings. The number of aliphatic hydroxyl groups is 1. The van der Waals surface area contributed by atoms with E-state index < -0.39 is 0 Å². The summed E-state index contributed by atoms with van der Waals surface area (Å²) in [7, 11) is 1.63. The SMILES string of the molecule is COCCNCc1cc(F)cc(OCCOCCO)c1. The van der Waals surface area contributed by atoms with Gasteiger partial charge in [-0.15, -0.1) is 0 Å². The lowest BCUT2D eigenvalue weighted by Crippen LogP contribution is -2.18. The molecule has 0 aliphatic carbocycles. The van der Waals surface area contributed by atoms with Crippen LogP contribution in [0.15, 0.2) is 18.2 Å².